The molecular weight excluding hydrogens is 500 g/mol. The van der Waals surface area contributed by atoms with E-state index in [4.69, 9.17) is 0 Å². The van der Waals surface area contributed by atoms with Crippen LogP contribution in [0.5, 0.6) is 0 Å². The number of alkyl halides is 3. The predicted molar refractivity (Wildman–Crippen MR) is 129 cm³/mol. The van der Waals surface area contributed by atoms with Crippen molar-refractivity contribution in [3.05, 3.63) is 52.9 Å². The standard InChI is InChI=1S/C23H26F3N4O3PS/c1-14-10-15(12-16(11-14)29-20-27-9-4-18(30-20)23(24,25)26)17-13-28-19(35-17)21(31)5-7-22(32,8-6-21)34(2,3)33/h4,9-13,31-32H,5-8H2,1-3H3,(H,27,29,30)/t21-,22-. The highest BCUT2D eigenvalue weighted by Gasteiger charge is 2.48. The van der Waals surface area contributed by atoms with Crippen molar-refractivity contribution in [1.29, 1.82) is 0 Å². The normalized spacial score (nSPS) is 23.3. The van der Waals surface area contributed by atoms with E-state index in [1.165, 1.54) is 11.3 Å². The van der Waals surface area contributed by atoms with Gasteiger partial charge >= 0.3 is 6.18 Å². The van der Waals surface area contributed by atoms with Crippen molar-refractivity contribution in [3.8, 4) is 10.4 Å². The molecule has 1 aliphatic rings. The van der Waals surface area contributed by atoms with E-state index in [9.17, 15) is 27.9 Å². The highest BCUT2D eigenvalue weighted by molar-refractivity contribution is 7.63. The Labute approximate surface area is 204 Å². The van der Waals surface area contributed by atoms with Crippen LogP contribution in [-0.2, 0) is 16.3 Å². The zero-order valence-corrected chi connectivity index (χ0v) is 21.1. The van der Waals surface area contributed by atoms with E-state index < -0.39 is 30.0 Å². The van der Waals surface area contributed by atoms with Crippen molar-refractivity contribution in [2.75, 3.05) is 18.6 Å². The highest BCUT2D eigenvalue weighted by atomic mass is 32.1. The molecule has 7 nitrogen and oxygen atoms in total. The molecule has 0 amide bonds. The van der Waals surface area contributed by atoms with Gasteiger partial charge in [-0.05, 0) is 75.3 Å². The molecule has 35 heavy (non-hydrogen) atoms. The Kier molecular flexibility index (Phi) is 6.59. The van der Waals surface area contributed by atoms with Crippen molar-refractivity contribution in [1.82, 2.24) is 15.0 Å². The lowest BCUT2D eigenvalue weighted by molar-refractivity contribution is -0.141. The number of hydrogen-bond donors (Lipinski definition) is 3. The lowest BCUT2D eigenvalue weighted by atomic mass is 9.83. The van der Waals surface area contributed by atoms with Crippen molar-refractivity contribution < 1.29 is 27.9 Å². The molecule has 0 radical (unpaired) electrons. The molecule has 0 spiro atoms. The minimum Gasteiger partial charge on any atom is -0.383 e. The molecule has 1 saturated carbocycles. The van der Waals surface area contributed by atoms with Gasteiger partial charge in [0.05, 0.1) is 4.88 Å². The van der Waals surface area contributed by atoms with Gasteiger partial charge < -0.3 is 20.1 Å². The lowest BCUT2D eigenvalue weighted by Gasteiger charge is -2.42. The average molecular weight is 527 g/mol. The average Bonchev–Trinajstić information content (AvgIpc) is 3.26. The zero-order valence-electron chi connectivity index (χ0n) is 19.4. The van der Waals surface area contributed by atoms with Gasteiger partial charge in [-0.3, -0.25) is 0 Å². The fourth-order valence-corrected chi connectivity index (χ4v) is 6.49. The van der Waals surface area contributed by atoms with Crippen LogP contribution in [0.1, 0.15) is 41.9 Å². The largest absolute Gasteiger partial charge is 0.433 e. The molecule has 2 aromatic heterocycles. The topological polar surface area (TPSA) is 108 Å². The molecule has 188 valence electrons. The molecule has 3 aromatic rings. The van der Waals surface area contributed by atoms with Gasteiger partial charge in [0.2, 0.25) is 5.95 Å². The number of aryl methyl sites for hydroxylation is 1. The van der Waals surface area contributed by atoms with Gasteiger partial charge in [-0.25, -0.2) is 15.0 Å². The number of aromatic nitrogens is 3. The van der Waals surface area contributed by atoms with E-state index in [0.717, 1.165) is 28.3 Å². The van der Waals surface area contributed by atoms with E-state index >= 15 is 0 Å². The minimum absolute atomic E-state index is 0.172. The Bertz CT molecular complexity index is 1280. The summed E-state index contributed by atoms with van der Waals surface area (Å²) >= 11 is 1.31. The lowest BCUT2D eigenvalue weighted by Crippen LogP contribution is -2.40. The third-order valence-electron chi connectivity index (χ3n) is 6.35. The molecule has 1 aromatic carbocycles. The monoisotopic (exact) mass is 526 g/mol. The second kappa shape index (κ2) is 8.96. The second-order valence-corrected chi connectivity index (χ2v) is 13.9. The van der Waals surface area contributed by atoms with E-state index in [1.54, 1.807) is 31.7 Å². The summed E-state index contributed by atoms with van der Waals surface area (Å²) in [6, 6.07) is 6.23. The Hall–Kier alpha value is -2.33. The van der Waals surface area contributed by atoms with Crippen LogP contribution < -0.4 is 5.32 Å². The van der Waals surface area contributed by atoms with Crippen LogP contribution in [0, 0.1) is 6.92 Å². The fraction of sp³-hybridized carbons (Fsp3) is 0.435. The second-order valence-electron chi connectivity index (χ2n) is 9.37. The van der Waals surface area contributed by atoms with Gasteiger partial charge in [0.1, 0.15) is 28.8 Å². The number of rotatable bonds is 5. The summed E-state index contributed by atoms with van der Waals surface area (Å²) in [4.78, 5) is 12.6. The molecule has 0 aliphatic heterocycles. The molecular formula is C23H26F3N4O3PS. The van der Waals surface area contributed by atoms with Crippen LogP contribution in [0.2, 0.25) is 0 Å². The zero-order chi connectivity index (χ0) is 25.6. The van der Waals surface area contributed by atoms with Crippen LogP contribution in [0.25, 0.3) is 10.4 Å². The summed E-state index contributed by atoms with van der Waals surface area (Å²) in [5, 5.41) is 24.0. The molecule has 4 rings (SSSR count). The molecule has 0 unspecified atom stereocenters. The van der Waals surface area contributed by atoms with Crippen LogP contribution in [-0.4, -0.2) is 43.8 Å². The van der Waals surface area contributed by atoms with Gasteiger partial charge in [-0.2, -0.15) is 13.2 Å². The Morgan fingerprint density at radius 1 is 1.09 bits per heavy atom. The molecule has 0 bridgehead atoms. The summed E-state index contributed by atoms with van der Waals surface area (Å²) < 4.78 is 51.4. The van der Waals surface area contributed by atoms with E-state index in [1.807, 2.05) is 13.0 Å². The Morgan fingerprint density at radius 3 is 2.40 bits per heavy atom. The molecule has 1 fully saturated rings. The number of halogens is 3. The summed E-state index contributed by atoms with van der Waals surface area (Å²) in [5.74, 6) is -0.172. The van der Waals surface area contributed by atoms with Crippen LogP contribution >= 0.6 is 18.5 Å². The molecule has 3 N–H and O–H groups in total. The Morgan fingerprint density at radius 2 is 1.77 bits per heavy atom. The van der Waals surface area contributed by atoms with Gasteiger partial charge in [0.15, 0.2) is 0 Å². The van der Waals surface area contributed by atoms with Gasteiger partial charge in [0, 0.05) is 18.1 Å². The molecule has 1 aliphatic carbocycles. The Balaban J connectivity index is 1.56. The smallest absolute Gasteiger partial charge is 0.383 e. The van der Waals surface area contributed by atoms with Crippen LogP contribution in [0.4, 0.5) is 24.8 Å². The first-order chi connectivity index (χ1) is 16.2. The van der Waals surface area contributed by atoms with E-state index in [2.05, 4.69) is 20.3 Å². The number of anilines is 2. The SMILES string of the molecule is Cc1cc(Nc2nccc(C(F)(F)F)n2)cc(-c2cnc([C@]3(O)CC[C@](O)(P(C)(C)=O)CC3)s2)c1. The van der Waals surface area contributed by atoms with E-state index in [0.29, 0.717) is 10.7 Å². The fourth-order valence-electron chi connectivity index (χ4n) is 4.14. The number of benzene rings is 1. The van der Waals surface area contributed by atoms with Crippen molar-refractivity contribution in [2.45, 2.75) is 49.7 Å². The highest BCUT2D eigenvalue weighted by Crippen LogP contribution is 2.59. The number of thiazole rings is 1. The summed E-state index contributed by atoms with van der Waals surface area (Å²) in [6.07, 6.45) is -0.951. The summed E-state index contributed by atoms with van der Waals surface area (Å²) in [6.45, 7) is 4.98. The maximum atomic E-state index is 13.0. The van der Waals surface area contributed by atoms with Gasteiger partial charge in [0.25, 0.3) is 0 Å². The third kappa shape index (κ3) is 5.43. The number of aliphatic hydroxyl groups is 2. The van der Waals surface area contributed by atoms with E-state index in [-0.39, 0.29) is 31.6 Å². The van der Waals surface area contributed by atoms with Crippen molar-refractivity contribution >= 4 is 30.1 Å². The maximum Gasteiger partial charge on any atom is 0.433 e. The van der Waals surface area contributed by atoms with Crippen LogP contribution in [0.15, 0.2) is 36.7 Å². The number of hydrogen-bond acceptors (Lipinski definition) is 8. The number of nitrogens with zero attached hydrogens (tertiary/aromatic N) is 3. The first-order valence-corrected chi connectivity index (χ1v) is 14.4. The molecule has 0 atom stereocenters. The quantitative estimate of drug-likeness (QED) is 0.364. The van der Waals surface area contributed by atoms with Gasteiger partial charge in [-0.1, -0.05) is 6.07 Å². The molecule has 0 saturated heterocycles. The van der Waals surface area contributed by atoms with Gasteiger partial charge in [-0.15, -0.1) is 11.3 Å². The first-order valence-electron chi connectivity index (χ1n) is 10.9. The molecule has 12 heteroatoms. The summed E-state index contributed by atoms with van der Waals surface area (Å²) in [7, 11) is -2.75. The molecule has 2 heterocycles. The minimum atomic E-state index is -4.57. The van der Waals surface area contributed by atoms with Crippen molar-refractivity contribution in [3.63, 3.8) is 0 Å². The predicted octanol–water partition coefficient (Wildman–Crippen LogP) is 5.74. The van der Waals surface area contributed by atoms with Crippen LogP contribution in [0.3, 0.4) is 0 Å². The maximum absolute atomic E-state index is 13.0. The number of nitrogens with one attached hydrogen (secondary N) is 1. The third-order valence-corrected chi connectivity index (χ3v) is 10.0. The summed E-state index contributed by atoms with van der Waals surface area (Å²) in [5.41, 5.74) is -0.121. The first kappa shape index (κ1) is 25.8. The van der Waals surface area contributed by atoms with Crippen molar-refractivity contribution in [2.24, 2.45) is 0 Å².